The van der Waals surface area contributed by atoms with E-state index in [0.29, 0.717) is 0 Å². The normalized spacial score (nSPS) is 10.7. The Bertz CT molecular complexity index is 542. The summed E-state index contributed by atoms with van der Waals surface area (Å²) in [7, 11) is 1.71. The number of anilines is 2. The molecule has 0 unspecified atom stereocenters. The van der Waals surface area contributed by atoms with Crippen LogP contribution in [0, 0.1) is 0 Å². The van der Waals surface area contributed by atoms with Crippen molar-refractivity contribution in [2.24, 2.45) is 0 Å². The summed E-state index contributed by atoms with van der Waals surface area (Å²) in [5.41, 5.74) is 0.988. The molecule has 2 rings (SSSR count). The molecule has 4 nitrogen and oxygen atoms in total. The third-order valence-corrected chi connectivity index (χ3v) is 3.79. The van der Waals surface area contributed by atoms with Gasteiger partial charge in [0.05, 0.1) is 5.69 Å². The maximum atomic E-state index is 5.06. The second-order valence-corrected chi connectivity index (χ2v) is 5.81. The van der Waals surface area contributed by atoms with E-state index < -0.39 is 0 Å². The van der Waals surface area contributed by atoms with Gasteiger partial charge in [-0.25, -0.2) is 4.98 Å². The van der Waals surface area contributed by atoms with E-state index in [-0.39, 0.29) is 0 Å². The highest BCUT2D eigenvalue weighted by Crippen LogP contribution is 2.28. The summed E-state index contributed by atoms with van der Waals surface area (Å²) in [4.78, 5) is 4.33. The minimum atomic E-state index is 0.750. The predicted molar refractivity (Wildman–Crippen MR) is 83.8 cm³/mol. The summed E-state index contributed by atoms with van der Waals surface area (Å²) in [5.74, 6) is 0.833. The van der Waals surface area contributed by atoms with Gasteiger partial charge in [0.1, 0.15) is 0 Å². The fourth-order valence-corrected chi connectivity index (χ4v) is 2.85. The molecule has 102 valence electrons. The number of aryl methyl sites for hydroxylation is 1. The van der Waals surface area contributed by atoms with Gasteiger partial charge in [0.25, 0.3) is 0 Å². The minimum absolute atomic E-state index is 0.750. The summed E-state index contributed by atoms with van der Waals surface area (Å²) >= 11 is 6.97. The molecule has 1 heterocycles. The van der Waals surface area contributed by atoms with Crippen LogP contribution in [0.1, 0.15) is 6.42 Å². The fraction of sp³-hybridized carbons (Fsp3) is 0.308. The lowest BCUT2D eigenvalue weighted by molar-refractivity contribution is 0.190. The number of nitrogens with zero attached hydrogens (tertiary/aromatic N) is 2. The van der Waals surface area contributed by atoms with E-state index in [4.69, 9.17) is 4.74 Å². The standard InChI is InChI=1S/C13H15Br2N3O/c1-19-8-2-6-18-7-5-16-13(18)17-12-4-3-10(14)9-11(12)15/h3-5,7,9H,2,6,8H2,1H3,(H,16,17). The van der Waals surface area contributed by atoms with E-state index >= 15 is 0 Å². The average molecular weight is 389 g/mol. The molecular weight excluding hydrogens is 374 g/mol. The lowest BCUT2D eigenvalue weighted by atomic mass is 10.3. The first kappa shape index (κ1) is 14.6. The molecule has 0 atom stereocenters. The molecule has 2 aromatic rings. The van der Waals surface area contributed by atoms with Crippen molar-refractivity contribution in [3.05, 3.63) is 39.5 Å². The van der Waals surface area contributed by atoms with Crippen LogP contribution in [0.2, 0.25) is 0 Å². The Balaban J connectivity index is 2.08. The largest absolute Gasteiger partial charge is 0.385 e. The van der Waals surface area contributed by atoms with E-state index in [1.54, 1.807) is 13.3 Å². The number of ether oxygens (including phenoxy) is 1. The summed E-state index contributed by atoms with van der Waals surface area (Å²) in [6.45, 7) is 1.63. The Morgan fingerprint density at radius 1 is 1.37 bits per heavy atom. The highest BCUT2D eigenvalue weighted by molar-refractivity contribution is 9.11. The van der Waals surface area contributed by atoms with Crippen LogP contribution in [0.4, 0.5) is 11.6 Å². The summed E-state index contributed by atoms with van der Waals surface area (Å²) in [6.07, 6.45) is 4.72. The molecule has 0 spiro atoms. The Kier molecular flexibility index (Phi) is 5.42. The number of imidazole rings is 1. The Labute approximate surface area is 129 Å². The van der Waals surface area contributed by atoms with E-state index in [1.165, 1.54) is 0 Å². The van der Waals surface area contributed by atoms with Crippen LogP contribution < -0.4 is 5.32 Å². The maximum absolute atomic E-state index is 5.06. The molecule has 19 heavy (non-hydrogen) atoms. The van der Waals surface area contributed by atoms with Crippen molar-refractivity contribution in [3.8, 4) is 0 Å². The van der Waals surface area contributed by atoms with Crippen LogP contribution in [0.15, 0.2) is 39.5 Å². The topological polar surface area (TPSA) is 39.1 Å². The second kappa shape index (κ2) is 7.07. The zero-order valence-electron chi connectivity index (χ0n) is 10.6. The van der Waals surface area contributed by atoms with Crippen molar-refractivity contribution in [3.63, 3.8) is 0 Å². The maximum Gasteiger partial charge on any atom is 0.207 e. The molecule has 1 N–H and O–H groups in total. The minimum Gasteiger partial charge on any atom is -0.385 e. The van der Waals surface area contributed by atoms with Crippen molar-refractivity contribution in [1.29, 1.82) is 0 Å². The zero-order valence-corrected chi connectivity index (χ0v) is 13.7. The van der Waals surface area contributed by atoms with Gasteiger partial charge < -0.3 is 14.6 Å². The van der Waals surface area contributed by atoms with Gasteiger partial charge in [-0.05, 0) is 40.5 Å². The molecule has 0 amide bonds. The van der Waals surface area contributed by atoms with Crippen LogP contribution >= 0.6 is 31.9 Å². The van der Waals surface area contributed by atoms with Crippen LogP contribution in [0.25, 0.3) is 0 Å². The summed E-state index contributed by atoms with van der Waals surface area (Å²) in [5, 5.41) is 3.32. The Morgan fingerprint density at radius 3 is 2.95 bits per heavy atom. The molecular formula is C13H15Br2N3O. The Hall–Kier alpha value is -0.850. The number of rotatable bonds is 6. The van der Waals surface area contributed by atoms with Gasteiger partial charge in [0.2, 0.25) is 5.95 Å². The van der Waals surface area contributed by atoms with Crippen molar-refractivity contribution in [2.45, 2.75) is 13.0 Å². The molecule has 1 aromatic carbocycles. The fourth-order valence-electron chi connectivity index (χ4n) is 1.70. The lowest BCUT2D eigenvalue weighted by Crippen LogP contribution is -2.05. The molecule has 6 heteroatoms. The van der Waals surface area contributed by atoms with E-state index in [9.17, 15) is 0 Å². The molecule has 0 saturated carbocycles. The third-order valence-electron chi connectivity index (χ3n) is 2.64. The van der Waals surface area contributed by atoms with Gasteiger partial charge in [0, 0.05) is 41.6 Å². The van der Waals surface area contributed by atoms with Crippen molar-refractivity contribution >= 4 is 43.5 Å². The van der Waals surface area contributed by atoms with Gasteiger partial charge in [0.15, 0.2) is 0 Å². The number of hydrogen-bond donors (Lipinski definition) is 1. The Morgan fingerprint density at radius 2 is 2.21 bits per heavy atom. The van der Waals surface area contributed by atoms with Crippen molar-refractivity contribution < 1.29 is 4.74 Å². The molecule has 0 radical (unpaired) electrons. The first-order valence-electron chi connectivity index (χ1n) is 5.93. The smallest absolute Gasteiger partial charge is 0.207 e. The SMILES string of the molecule is COCCCn1ccnc1Nc1ccc(Br)cc1Br. The zero-order chi connectivity index (χ0) is 13.7. The highest BCUT2D eigenvalue weighted by Gasteiger charge is 2.06. The van der Waals surface area contributed by atoms with Crippen molar-refractivity contribution in [2.75, 3.05) is 19.0 Å². The first-order valence-corrected chi connectivity index (χ1v) is 7.51. The second-order valence-electron chi connectivity index (χ2n) is 4.04. The molecule has 0 aliphatic heterocycles. The summed E-state index contributed by atoms with van der Waals surface area (Å²) < 4.78 is 9.17. The molecule has 0 bridgehead atoms. The number of benzene rings is 1. The molecule has 0 aliphatic rings. The van der Waals surface area contributed by atoms with Crippen LogP contribution in [-0.4, -0.2) is 23.3 Å². The number of hydrogen-bond acceptors (Lipinski definition) is 3. The van der Waals surface area contributed by atoms with E-state index in [2.05, 4.69) is 46.7 Å². The monoisotopic (exact) mass is 387 g/mol. The first-order chi connectivity index (χ1) is 9.20. The quantitative estimate of drug-likeness (QED) is 0.754. The van der Waals surface area contributed by atoms with Crippen LogP contribution in [0.3, 0.4) is 0 Å². The lowest BCUT2D eigenvalue weighted by Gasteiger charge is -2.11. The number of methoxy groups -OCH3 is 1. The van der Waals surface area contributed by atoms with E-state index in [0.717, 1.165) is 40.2 Å². The van der Waals surface area contributed by atoms with Gasteiger partial charge >= 0.3 is 0 Å². The predicted octanol–water partition coefficient (Wildman–Crippen LogP) is 4.19. The van der Waals surface area contributed by atoms with Gasteiger partial charge in [-0.1, -0.05) is 15.9 Å². The number of aromatic nitrogens is 2. The highest BCUT2D eigenvalue weighted by atomic mass is 79.9. The van der Waals surface area contributed by atoms with Crippen LogP contribution in [0.5, 0.6) is 0 Å². The molecule has 0 fully saturated rings. The number of nitrogens with one attached hydrogen (secondary N) is 1. The molecule has 0 aliphatic carbocycles. The van der Waals surface area contributed by atoms with Gasteiger partial charge in [-0.3, -0.25) is 0 Å². The van der Waals surface area contributed by atoms with Crippen LogP contribution in [-0.2, 0) is 11.3 Å². The third kappa shape index (κ3) is 4.06. The molecule has 0 saturated heterocycles. The number of halogens is 2. The van der Waals surface area contributed by atoms with E-state index in [1.807, 2.05) is 24.4 Å². The van der Waals surface area contributed by atoms with Crippen molar-refractivity contribution in [1.82, 2.24) is 9.55 Å². The summed E-state index contributed by atoms with van der Waals surface area (Å²) in [6, 6.07) is 5.99. The average Bonchev–Trinajstić information content (AvgIpc) is 2.81. The van der Waals surface area contributed by atoms with Gasteiger partial charge in [-0.15, -0.1) is 0 Å². The van der Waals surface area contributed by atoms with Gasteiger partial charge in [-0.2, -0.15) is 0 Å². The molecule has 1 aromatic heterocycles.